The zero-order valence-corrected chi connectivity index (χ0v) is 22.2. The Labute approximate surface area is 213 Å². The highest BCUT2D eigenvalue weighted by Gasteiger charge is 2.36. The standard InChI is InChI=1S/C23H30F3N3O3.2C2H6/c1-31-21-14-32-11-7-19(21)28-18-3-2-16(12-18)22(30)29-9-5-15(6-10-29)20-13-17(4-8-27-20)23(24,25)26;2*1-2/h4-5,8,13,16,18-19,21,28H,2-3,6-7,9-12,14H2,1H3;2*1-2H3. The molecule has 9 heteroatoms. The third-order valence-electron chi connectivity index (χ3n) is 6.78. The summed E-state index contributed by atoms with van der Waals surface area (Å²) in [6.45, 7) is 10.2. The molecule has 1 saturated heterocycles. The molecule has 1 aromatic rings. The van der Waals surface area contributed by atoms with E-state index in [0.29, 0.717) is 31.8 Å². The molecule has 1 aromatic heterocycles. The van der Waals surface area contributed by atoms with Crippen LogP contribution in [0.25, 0.3) is 5.57 Å². The molecule has 0 bridgehead atoms. The Morgan fingerprint density at radius 1 is 1.19 bits per heavy atom. The SMILES string of the molecule is CC.CC.COC1COCCC1NC1CCC(C(=O)N2CC=C(c3cc(C(F)(F)F)ccn3)CC2)C1. The van der Waals surface area contributed by atoms with E-state index in [2.05, 4.69) is 10.3 Å². The second-order valence-electron chi connectivity index (χ2n) is 8.81. The maximum atomic E-state index is 13.0. The van der Waals surface area contributed by atoms with Crippen molar-refractivity contribution in [2.75, 3.05) is 33.4 Å². The maximum Gasteiger partial charge on any atom is 0.416 e. The highest BCUT2D eigenvalue weighted by atomic mass is 19.4. The third-order valence-corrected chi connectivity index (χ3v) is 6.78. The Morgan fingerprint density at radius 3 is 2.58 bits per heavy atom. The number of carbonyl (C=O) groups excluding carboxylic acids is 1. The largest absolute Gasteiger partial charge is 0.416 e. The molecule has 4 atom stereocenters. The molecule has 36 heavy (non-hydrogen) atoms. The lowest BCUT2D eigenvalue weighted by Gasteiger charge is -2.33. The number of nitrogens with zero attached hydrogens (tertiary/aromatic N) is 2. The number of methoxy groups -OCH3 is 1. The van der Waals surface area contributed by atoms with Crippen molar-refractivity contribution < 1.29 is 27.4 Å². The maximum absolute atomic E-state index is 13.0. The van der Waals surface area contributed by atoms with Crippen LogP contribution in [0, 0.1) is 5.92 Å². The molecule has 0 spiro atoms. The lowest BCUT2D eigenvalue weighted by atomic mass is 10.00. The van der Waals surface area contributed by atoms with Gasteiger partial charge in [0.1, 0.15) is 0 Å². The summed E-state index contributed by atoms with van der Waals surface area (Å²) in [5, 5.41) is 3.66. The first kappa shape index (κ1) is 30.3. The number of alkyl halides is 3. The van der Waals surface area contributed by atoms with Crippen LogP contribution in [-0.2, 0) is 20.4 Å². The number of hydrogen-bond acceptors (Lipinski definition) is 5. The molecule has 1 amide bonds. The topological polar surface area (TPSA) is 63.7 Å². The van der Waals surface area contributed by atoms with E-state index in [0.717, 1.165) is 50.0 Å². The van der Waals surface area contributed by atoms with Crippen molar-refractivity contribution in [2.24, 2.45) is 5.92 Å². The van der Waals surface area contributed by atoms with Gasteiger partial charge in [-0.05, 0) is 49.8 Å². The fraction of sp³-hybridized carbons (Fsp3) is 0.704. The minimum absolute atomic E-state index is 0.0185. The summed E-state index contributed by atoms with van der Waals surface area (Å²) in [4.78, 5) is 19.0. The fourth-order valence-corrected chi connectivity index (χ4v) is 4.94. The van der Waals surface area contributed by atoms with E-state index in [-0.39, 0.29) is 30.0 Å². The van der Waals surface area contributed by atoms with Gasteiger partial charge in [-0.15, -0.1) is 0 Å². The number of rotatable bonds is 5. The van der Waals surface area contributed by atoms with E-state index in [9.17, 15) is 18.0 Å². The summed E-state index contributed by atoms with van der Waals surface area (Å²) in [5.41, 5.74) is 0.393. The molecule has 2 aliphatic heterocycles. The monoisotopic (exact) mass is 513 g/mol. The molecule has 4 unspecified atom stereocenters. The summed E-state index contributed by atoms with van der Waals surface area (Å²) >= 11 is 0. The van der Waals surface area contributed by atoms with E-state index in [1.165, 1.54) is 6.20 Å². The molecule has 1 N–H and O–H groups in total. The molecule has 6 nitrogen and oxygen atoms in total. The first-order valence-corrected chi connectivity index (χ1v) is 13.2. The molecule has 1 aliphatic carbocycles. The molecule has 0 aromatic carbocycles. The van der Waals surface area contributed by atoms with E-state index < -0.39 is 11.7 Å². The summed E-state index contributed by atoms with van der Waals surface area (Å²) < 4.78 is 49.9. The van der Waals surface area contributed by atoms with Crippen LogP contribution in [0.2, 0.25) is 0 Å². The molecular weight excluding hydrogens is 471 g/mol. The predicted molar refractivity (Wildman–Crippen MR) is 135 cm³/mol. The Morgan fingerprint density at radius 2 is 1.94 bits per heavy atom. The van der Waals surface area contributed by atoms with Crippen LogP contribution in [0.5, 0.6) is 0 Å². The van der Waals surface area contributed by atoms with Crippen molar-refractivity contribution in [3.05, 3.63) is 35.7 Å². The lowest BCUT2D eigenvalue weighted by Crippen LogP contribution is -2.50. The second kappa shape index (κ2) is 14.7. The van der Waals surface area contributed by atoms with Gasteiger partial charge in [-0.2, -0.15) is 13.2 Å². The minimum atomic E-state index is -4.39. The number of ether oxygens (including phenoxy) is 2. The van der Waals surface area contributed by atoms with Crippen LogP contribution in [0.15, 0.2) is 24.4 Å². The summed E-state index contributed by atoms with van der Waals surface area (Å²) in [6, 6.07) is 2.59. The van der Waals surface area contributed by atoms with Gasteiger partial charge in [-0.3, -0.25) is 9.78 Å². The number of aromatic nitrogens is 1. The summed E-state index contributed by atoms with van der Waals surface area (Å²) in [6.07, 6.45) is 2.67. The Hall–Kier alpha value is -1.97. The average Bonchev–Trinajstić information content (AvgIpc) is 3.39. The smallest absolute Gasteiger partial charge is 0.379 e. The van der Waals surface area contributed by atoms with Gasteiger partial charge in [-0.1, -0.05) is 33.8 Å². The number of carbonyl (C=O) groups is 1. The van der Waals surface area contributed by atoms with Crippen LogP contribution in [0.1, 0.15) is 71.1 Å². The molecule has 2 fully saturated rings. The number of hydrogen-bond donors (Lipinski definition) is 1. The Bertz CT molecular complexity index is 847. The van der Waals surface area contributed by atoms with Gasteiger partial charge in [0, 0.05) is 51.0 Å². The number of nitrogens with one attached hydrogen (secondary N) is 1. The Kier molecular flexibility index (Phi) is 12.3. The van der Waals surface area contributed by atoms with Crippen molar-refractivity contribution in [1.82, 2.24) is 15.2 Å². The van der Waals surface area contributed by atoms with E-state index in [1.54, 1.807) is 7.11 Å². The fourth-order valence-electron chi connectivity index (χ4n) is 4.94. The molecule has 0 radical (unpaired) electrons. The molecule has 204 valence electrons. The predicted octanol–water partition coefficient (Wildman–Crippen LogP) is 5.33. The first-order valence-electron chi connectivity index (χ1n) is 13.2. The van der Waals surface area contributed by atoms with Crippen LogP contribution in [0.3, 0.4) is 0 Å². The normalized spacial score (nSPS) is 26.2. The molecule has 3 aliphatic rings. The van der Waals surface area contributed by atoms with Crippen LogP contribution >= 0.6 is 0 Å². The second-order valence-corrected chi connectivity index (χ2v) is 8.81. The van der Waals surface area contributed by atoms with Gasteiger partial charge < -0.3 is 19.7 Å². The molecule has 1 saturated carbocycles. The minimum Gasteiger partial charge on any atom is -0.379 e. The van der Waals surface area contributed by atoms with Crippen molar-refractivity contribution in [3.63, 3.8) is 0 Å². The number of pyridine rings is 1. The van der Waals surface area contributed by atoms with Crippen molar-refractivity contribution >= 4 is 11.5 Å². The van der Waals surface area contributed by atoms with Gasteiger partial charge >= 0.3 is 6.18 Å². The van der Waals surface area contributed by atoms with Gasteiger partial charge in [0.15, 0.2) is 0 Å². The van der Waals surface area contributed by atoms with Crippen LogP contribution < -0.4 is 5.32 Å². The van der Waals surface area contributed by atoms with Crippen molar-refractivity contribution in [1.29, 1.82) is 0 Å². The first-order chi connectivity index (χ1) is 17.3. The number of halogens is 3. The van der Waals surface area contributed by atoms with Gasteiger partial charge in [0.25, 0.3) is 0 Å². The average molecular weight is 514 g/mol. The van der Waals surface area contributed by atoms with Crippen LogP contribution in [-0.4, -0.2) is 67.4 Å². The Balaban J connectivity index is 0.00000109. The van der Waals surface area contributed by atoms with Gasteiger partial charge in [0.2, 0.25) is 5.91 Å². The highest BCUT2D eigenvalue weighted by Crippen LogP contribution is 2.33. The van der Waals surface area contributed by atoms with E-state index in [1.807, 2.05) is 38.7 Å². The lowest BCUT2D eigenvalue weighted by molar-refractivity contribution is -0.137. The zero-order chi connectivity index (χ0) is 26.7. The van der Waals surface area contributed by atoms with Crippen LogP contribution in [0.4, 0.5) is 13.2 Å². The number of amides is 1. The van der Waals surface area contributed by atoms with Gasteiger partial charge in [0.05, 0.1) is 24.0 Å². The highest BCUT2D eigenvalue weighted by molar-refractivity contribution is 5.80. The van der Waals surface area contributed by atoms with E-state index >= 15 is 0 Å². The van der Waals surface area contributed by atoms with Gasteiger partial charge in [-0.25, -0.2) is 0 Å². The quantitative estimate of drug-likeness (QED) is 0.577. The van der Waals surface area contributed by atoms with Crippen molar-refractivity contribution in [2.45, 2.75) is 84.2 Å². The molecule has 4 rings (SSSR count). The summed E-state index contributed by atoms with van der Waals surface area (Å²) in [5.74, 6) is 0.117. The van der Waals surface area contributed by atoms with Crippen molar-refractivity contribution in [3.8, 4) is 0 Å². The molecule has 3 heterocycles. The summed E-state index contributed by atoms with van der Waals surface area (Å²) in [7, 11) is 1.70. The third kappa shape index (κ3) is 8.02. The molecular formula is C27H42F3N3O3. The zero-order valence-electron chi connectivity index (χ0n) is 22.2. The van der Waals surface area contributed by atoms with E-state index in [4.69, 9.17) is 9.47 Å².